The summed E-state index contributed by atoms with van der Waals surface area (Å²) in [5.74, 6) is -0.261. The van der Waals surface area contributed by atoms with E-state index in [0.717, 1.165) is 5.56 Å². The number of amides is 2. The van der Waals surface area contributed by atoms with E-state index in [1.165, 1.54) is 0 Å². The zero-order valence-corrected chi connectivity index (χ0v) is 16.0. The molecule has 0 saturated heterocycles. The van der Waals surface area contributed by atoms with E-state index in [-0.39, 0.29) is 11.3 Å². The molecule has 6 heteroatoms. The van der Waals surface area contributed by atoms with E-state index >= 15 is 0 Å². The first-order valence-electron chi connectivity index (χ1n) is 7.94. The maximum absolute atomic E-state index is 12.2. The monoisotopic (exact) mass is 354 g/mol. The SMILES string of the molecule is C[C@@H](NC(=O)OC(C)(C)C)C(=O)NCC(C)(C)c1ccc(Cl)cc1. The van der Waals surface area contributed by atoms with E-state index < -0.39 is 17.7 Å². The van der Waals surface area contributed by atoms with Gasteiger partial charge in [0.15, 0.2) is 0 Å². The molecule has 24 heavy (non-hydrogen) atoms. The largest absolute Gasteiger partial charge is 0.444 e. The van der Waals surface area contributed by atoms with Crippen LogP contribution in [0.2, 0.25) is 5.02 Å². The molecule has 0 fully saturated rings. The highest BCUT2D eigenvalue weighted by Crippen LogP contribution is 2.23. The highest BCUT2D eigenvalue weighted by Gasteiger charge is 2.24. The number of alkyl carbamates (subject to hydrolysis) is 1. The molecule has 0 aliphatic carbocycles. The molecule has 0 bridgehead atoms. The second kappa shape index (κ2) is 7.88. The van der Waals surface area contributed by atoms with Crippen molar-refractivity contribution in [2.24, 2.45) is 0 Å². The molecule has 1 atom stereocenters. The van der Waals surface area contributed by atoms with Crippen LogP contribution >= 0.6 is 11.6 Å². The van der Waals surface area contributed by atoms with Crippen molar-refractivity contribution in [1.82, 2.24) is 10.6 Å². The maximum Gasteiger partial charge on any atom is 0.408 e. The first-order valence-corrected chi connectivity index (χ1v) is 8.32. The Labute approximate surface area is 149 Å². The van der Waals surface area contributed by atoms with E-state index in [9.17, 15) is 9.59 Å². The van der Waals surface area contributed by atoms with Gasteiger partial charge in [-0.3, -0.25) is 4.79 Å². The highest BCUT2D eigenvalue weighted by molar-refractivity contribution is 6.30. The van der Waals surface area contributed by atoms with Crippen LogP contribution in [-0.4, -0.2) is 30.2 Å². The Kier molecular flexibility index (Phi) is 6.67. The molecule has 0 spiro atoms. The fourth-order valence-corrected chi connectivity index (χ4v) is 2.14. The number of carbonyl (C=O) groups excluding carboxylic acids is 2. The van der Waals surface area contributed by atoms with Gasteiger partial charge in [-0.25, -0.2) is 4.79 Å². The van der Waals surface area contributed by atoms with E-state index in [4.69, 9.17) is 16.3 Å². The van der Waals surface area contributed by atoms with E-state index in [1.807, 2.05) is 38.1 Å². The number of nitrogens with one attached hydrogen (secondary N) is 2. The van der Waals surface area contributed by atoms with Crippen LogP contribution in [0, 0.1) is 0 Å². The number of hydrogen-bond acceptors (Lipinski definition) is 3. The van der Waals surface area contributed by atoms with Crippen LogP contribution in [0.3, 0.4) is 0 Å². The summed E-state index contributed by atoms with van der Waals surface area (Å²) in [4.78, 5) is 23.9. The maximum atomic E-state index is 12.2. The molecule has 1 rings (SSSR count). The topological polar surface area (TPSA) is 67.4 Å². The number of carbonyl (C=O) groups is 2. The molecular formula is C18H27ClN2O3. The predicted molar refractivity (Wildman–Crippen MR) is 96.3 cm³/mol. The molecule has 2 amide bonds. The number of rotatable bonds is 5. The fourth-order valence-electron chi connectivity index (χ4n) is 2.01. The van der Waals surface area contributed by atoms with Gasteiger partial charge in [-0.1, -0.05) is 37.6 Å². The van der Waals surface area contributed by atoms with Crippen LogP contribution in [0.5, 0.6) is 0 Å². The van der Waals surface area contributed by atoms with Gasteiger partial charge < -0.3 is 15.4 Å². The van der Waals surface area contributed by atoms with Gasteiger partial charge in [0, 0.05) is 17.0 Å². The summed E-state index contributed by atoms with van der Waals surface area (Å²) in [6, 6.07) is 6.86. The van der Waals surface area contributed by atoms with Crippen molar-refractivity contribution >= 4 is 23.6 Å². The Bertz CT molecular complexity index is 577. The molecule has 5 nitrogen and oxygen atoms in total. The fraction of sp³-hybridized carbons (Fsp3) is 0.556. The molecule has 0 aliphatic rings. The first kappa shape index (κ1) is 20.3. The Balaban J connectivity index is 2.55. The number of halogens is 1. The van der Waals surface area contributed by atoms with Gasteiger partial charge in [0.2, 0.25) is 5.91 Å². The van der Waals surface area contributed by atoms with Crippen LogP contribution < -0.4 is 10.6 Å². The second-order valence-electron chi connectivity index (χ2n) is 7.48. The minimum Gasteiger partial charge on any atom is -0.444 e. The summed E-state index contributed by atoms with van der Waals surface area (Å²) in [6.45, 7) is 11.4. The lowest BCUT2D eigenvalue weighted by Gasteiger charge is -2.27. The van der Waals surface area contributed by atoms with Crippen LogP contribution in [0.4, 0.5) is 4.79 Å². The Morgan fingerprint density at radius 3 is 2.17 bits per heavy atom. The van der Waals surface area contributed by atoms with Gasteiger partial charge in [0.05, 0.1) is 0 Å². The molecule has 0 aromatic heterocycles. The van der Waals surface area contributed by atoms with E-state index in [0.29, 0.717) is 11.6 Å². The summed E-state index contributed by atoms with van der Waals surface area (Å²) in [6.07, 6.45) is -0.609. The van der Waals surface area contributed by atoms with Crippen LogP contribution in [0.1, 0.15) is 47.1 Å². The van der Waals surface area contributed by atoms with Gasteiger partial charge in [-0.2, -0.15) is 0 Å². The zero-order chi connectivity index (χ0) is 18.5. The summed E-state index contributed by atoms with van der Waals surface area (Å²) in [5, 5.41) is 6.07. The Morgan fingerprint density at radius 2 is 1.67 bits per heavy atom. The Hall–Kier alpha value is -1.75. The molecule has 134 valence electrons. The van der Waals surface area contributed by atoms with Gasteiger partial charge in [-0.15, -0.1) is 0 Å². The van der Waals surface area contributed by atoms with Crippen LogP contribution in [0.15, 0.2) is 24.3 Å². The average molecular weight is 355 g/mol. The van der Waals surface area contributed by atoms with Crippen LogP contribution in [-0.2, 0) is 14.9 Å². The second-order valence-corrected chi connectivity index (χ2v) is 7.91. The molecule has 0 radical (unpaired) electrons. The third-order valence-electron chi connectivity index (χ3n) is 3.46. The third-order valence-corrected chi connectivity index (χ3v) is 3.71. The van der Waals surface area contributed by atoms with E-state index in [1.54, 1.807) is 27.7 Å². The number of benzene rings is 1. The third kappa shape index (κ3) is 6.79. The number of ether oxygens (including phenoxy) is 1. The Morgan fingerprint density at radius 1 is 1.12 bits per heavy atom. The van der Waals surface area contributed by atoms with Crippen molar-refractivity contribution in [3.8, 4) is 0 Å². The van der Waals surface area contributed by atoms with Crippen molar-refractivity contribution in [1.29, 1.82) is 0 Å². The molecule has 2 N–H and O–H groups in total. The molecule has 1 aromatic rings. The molecular weight excluding hydrogens is 328 g/mol. The summed E-state index contributed by atoms with van der Waals surface area (Å²) in [7, 11) is 0. The number of hydrogen-bond donors (Lipinski definition) is 2. The van der Waals surface area contributed by atoms with Gasteiger partial charge in [-0.05, 0) is 45.4 Å². The van der Waals surface area contributed by atoms with Gasteiger partial charge >= 0.3 is 6.09 Å². The molecule has 0 aliphatic heterocycles. The van der Waals surface area contributed by atoms with Crippen molar-refractivity contribution in [2.75, 3.05) is 6.54 Å². The average Bonchev–Trinajstić information content (AvgIpc) is 2.43. The molecule has 0 heterocycles. The minimum absolute atomic E-state index is 0.258. The van der Waals surface area contributed by atoms with Crippen molar-refractivity contribution in [3.63, 3.8) is 0 Å². The lowest BCUT2D eigenvalue weighted by molar-refractivity contribution is -0.123. The summed E-state index contributed by atoms with van der Waals surface area (Å²) < 4.78 is 5.14. The summed E-state index contributed by atoms with van der Waals surface area (Å²) in [5.41, 5.74) is 0.211. The standard InChI is InChI=1S/C18H27ClN2O3/c1-12(21-16(23)24-17(2,3)4)15(22)20-11-18(5,6)13-7-9-14(19)10-8-13/h7-10,12H,11H2,1-6H3,(H,20,22)(H,21,23)/t12-/m1/s1. The molecule has 0 saturated carbocycles. The van der Waals surface area contributed by atoms with Crippen LogP contribution in [0.25, 0.3) is 0 Å². The van der Waals surface area contributed by atoms with Gasteiger partial charge in [0.1, 0.15) is 11.6 Å². The minimum atomic E-state index is -0.680. The molecule has 1 aromatic carbocycles. The van der Waals surface area contributed by atoms with Gasteiger partial charge in [0.25, 0.3) is 0 Å². The lowest BCUT2D eigenvalue weighted by Crippen LogP contribution is -2.48. The first-order chi connectivity index (χ1) is 10.9. The van der Waals surface area contributed by atoms with Crippen molar-refractivity contribution < 1.29 is 14.3 Å². The summed E-state index contributed by atoms with van der Waals surface area (Å²) >= 11 is 5.90. The highest BCUT2D eigenvalue weighted by atomic mass is 35.5. The predicted octanol–water partition coefficient (Wildman–Crippen LogP) is 3.65. The normalized spacial score (nSPS) is 13.1. The smallest absolute Gasteiger partial charge is 0.408 e. The zero-order valence-electron chi connectivity index (χ0n) is 15.2. The van der Waals surface area contributed by atoms with Crippen molar-refractivity contribution in [3.05, 3.63) is 34.9 Å². The quantitative estimate of drug-likeness (QED) is 0.848. The van der Waals surface area contributed by atoms with Crippen molar-refractivity contribution in [2.45, 2.75) is 58.6 Å². The molecule has 0 unspecified atom stereocenters. The van der Waals surface area contributed by atoms with E-state index in [2.05, 4.69) is 10.6 Å². The lowest BCUT2D eigenvalue weighted by atomic mass is 9.84.